The van der Waals surface area contributed by atoms with Gasteiger partial charge in [-0.05, 0) is 35.9 Å². The molecule has 3 heteroatoms. The van der Waals surface area contributed by atoms with Crippen LogP contribution in [0, 0.1) is 0 Å². The van der Waals surface area contributed by atoms with Crippen molar-refractivity contribution in [1.29, 1.82) is 0 Å². The molecule has 0 atom stereocenters. The fraction of sp³-hybridized carbons (Fsp3) is 0. The van der Waals surface area contributed by atoms with Crippen molar-refractivity contribution < 1.29 is 4.79 Å². The van der Waals surface area contributed by atoms with E-state index in [1.165, 1.54) is 0 Å². The highest BCUT2D eigenvalue weighted by molar-refractivity contribution is 9.10. The number of amides is 1. The first kappa shape index (κ1) is 14.9. The zero-order valence-electron chi connectivity index (χ0n) is 12.8. The number of fused-ring (bicyclic) bond motifs is 1. The minimum Gasteiger partial charge on any atom is -0.276 e. The summed E-state index contributed by atoms with van der Waals surface area (Å²) in [5.41, 5.74) is 4.51. The van der Waals surface area contributed by atoms with Crippen molar-refractivity contribution in [2.75, 3.05) is 4.90 Å². The van der Waals surface area contributed by atoms with Gasteiger partial charge >= 0.3 is 0 Å². The minimum atomic E-state index is -0.000295. The summed E-state index contributed by atoms with van der Waals surface area (Å²) >= 11 is 3.47. The second kappa shape index (κ2) is 6.10. The van der Waals surface area contributed by atoms with E-state index in [4.69, 9.17) is 0 Å². The third-order valence-corrected chi connectivity index (χ3v) is 4.54. The number of anilines is 1. The number of carbonyl (C=O) groups is 1. The van der Waals surface area contributed by atoms with Crippen molar-refractivity contribution in [2.24, 2.45) is 0 Å². The Labute approximate surface area is 149 Å². The molecule has 0 spiro atoms. The predicted octanol–water partition coefficient (Wildman–Crippen LogP) is 5.61. The van der Waals surface area contributed by atoms with Crippen LogP contribution in [0.15, 0.2) is 83.3 Å². The average molecular weight is 376 g/mol. The zero-order chi connectivity index (χ0) is 16.5. The lowest BCUT2D eigenvalue weighted by Crippen LogP contribution is -2.22. The number of hydrogen-bond acceptors (Lipinski definition) is 1. The van der Waals surface area contributed by atoms with Crippen molar-refractivity contribution in [3.8, 4) is 0 Å². The second-order valence-corrected chi connectivity index (χ2v) is 6.52. The molecule has 1 amide bonds. The van der Waals surface area contributed by atoms with Crippen molar-refractivity contribution >= 4 is 39.3 Å². The average Bonchev–Trinajstić information content (AvgIpc) is 2.88. The lowest BCUT2D eigenvalue weighted by Gasteiger charge is -2.18. The van der Waals surface area contributed by atoms with Crippen LogP contribution in [-0.2, 0) is 0 Å². The van der Waals surface area contributed by atoms with E-state index in [1.807, 2.05) is 78.9 Å². The van der Waals surface area contributed by atoms with Crippen LogP contribution < -0.4 is 4.90 Å². The smallest absolute Gasteiger partial charge is 0.263 e. The van der Waals surface area contributed by atoms with E-state index >= 15 is 0 Å². The standard InChI is InChI=1S/C21H14BrNO/c22-16-11-12-18-19(14-16)21(24)23(17-9-5-2-6-10-17)20(18)13-15-7-3-1-4-8-15/h1-14H. The summed E-state index contributed by atoms with van der Waals surface area (Å²) in [5.74, 6) is -0.000295. The Morgan fingerprint density at radius 1 is 0.792 bits per heavy atom. The Balaban J connectivity index is 1.92. The highest BCUT2D eigenvalue weighted by Gasteiger charge is 2.33. The van der Waals surface area contributed by atoms with Crippen molar-refractivity contribution in [3.63, 3.8) is 0 Å². The maximum Gasteiger partial charge on any atom is 0.263 e. The molecule has 0 radical (unpaired) electrons. The quantitative estimate of drug-likeness (QED) is 0.570. The van der Waals surface area contributed by atoms with E-state index in [0.717, 1.165) is 32.5 Å². The normalized spacial score (nSPS) is 15.0. The van der Waals surface area contributed by atoms with Gasteiger partial charge in [0, 0.05) is 15.7 Å². The minimum absolute atomic E-state index is 0.000295. The molecule has 24 heavy (non-hydrogen) atoms. The summed E-state index contributed by atoms with van der Waals surface area (Å²) in [6.45, 7) is 0. The van der Waals surface area contributed by atoms with E-state index < -0.39 is 0 Å². The number of hydrogen-bond donors (Lipinski definition) is 0. The fourth-order valence-corrected chi connectivity index (χ4v) is 3.31. The summed E-state index contributed by atoms with van der Waals surface area (Å²) < 4.78 is 0.906. The van der Waals surface area contributed by atoms with E-state index in [2.05, 4.69) is 22.0 Å². The van der Waals surface area contributed by atoms with Crippen LogP contribution >= 0.6 is 15.9 Å². The molecule has 0 aliphatic carbocycles. The predicted molar refractivity (Wildman–Crippen MR) is 102 cm³/mol. The lowest BCUT2D eigenvalue weighted by atomic mass is 10.1. The topological polar surface area (TPSA) is 20.3 Å². The Hall–Kier alpha value is -2.65. The first-order chi connectivity index (χ1) is 11.7. The molecule has 3 aromatic carbocycles. The Kier molecular flexibility index (Phi) is 3.79. The van der Waals surface area contributed by atoms with Gasteiger partial charge in [0.2, 0.25) is 0 Å². The number of carbonyl (C=O) groups excluding carboxylic acids is 1. The van der Waals surface area contributed by atoms with Crippen molar-refractivity contribution in [3.05, 3.63) is 100 Å². The van der Waals surface area contributed by atoms with Crippen molar-refractivity contribution in [1.82, 2.24) is 0 Å². The third-order valence-electron chi connectivity index (χ3n) is 4.05. The summed E-state index contributed by atoms with van der Waals surface area (Å²) in [5, 5.41) is 0. The molecule has 4 rings (SSSR count). The van der Waals surface area contributed by atoms with Gasteiger partial charge in [0.05, 0.1) is 11.3 Å². The summed E-state index contributed by atoms with van der Waals surface area (Å²) in [6, 6.07) is 25.7. The number of nitrogens with zero attached hydrogens (tertiary/aromatic N) is 1. The molecule has 3 aromatic rings. The Morgan fingerprint density at radius 3 is 2.17 bits per heavy atom. The molecule has 1 heterocycles. The maximum absolute atomic E-state index is 13.0. The van der Waals surface area contributed by atoms with E-state index in [9.17, 15) is 4.79 Å². The summed E-state index contributed by atoms with van der Waals surface area (Å²) in [7, 11) is 0. The van der Waals surface area contributed by atoms with Crippen LogP contribution in [0.25, 0.3) is 11.8 Å². The molecule has 0 aromatic heterocycles. The molecule has 0 N–H and O–H groups in total. The number of benzene rings is 3. The van der Waals surface area contributed by atoms with Gasteiger partial charge in [-0.1, -0.05) is 70.5 Å². The number of para-hydroxylation sites is 1. The van der Waals surface area contributed by atoms with Gasteiger partial charge in [-0.3, -0.25) is 9.69 Å². The van der Waals surface area contributed by atoms with Crippen LogP contribution in [0.2, 0.25) is 0 Å². The first-order valence-electron chi connectivity index (χ1n) is 7.70. The van der Waals surface area contributed by atoms with Crippen LogP contribution in [0.5, 0.6) is 0 Å². The van der Waals surface area contributed by atoms with Crippen LogP contribution in [0.1, 0.15) is 21.5 Å². The van der Waals surface area contributed by atoms with Crippen LogP contribution in [0.4, 0.5) is 5.69 Å². The highest BCUT2D eigenvalue weighted by atomic mass is 79.9. The first-order valence-corrected chi connectivity index (χ1v) is 8.49. The fourth-order valence-electron chi connectivity index (χ4n) is 2.95. The Morgan fingerprint density at radius 2 is 1.46 bits per heavy atom. The largest absolute Gasteiger partial charge is 0.276 e. The third kappa shape index (κ3) is 2.57. The van der Waals surface area contributed by atoms with Gasteiger partial charge < -0.3 is 0 Å². The molecule has 1 aliphatic heterocycles. The molecular formula is C21H14BrNO. The van der Waals surface area contributed by atoms with Gasteiger partial charge in [-0.15, -0.1) is 0 Å². The molecule has 0 saturated heterocycles. The SMILES string of the molecule is O=C1c2cc(Br)ccc2C(=Cc2ccccc2)N1c1ccccc1. The van der Waals surface area contributed by atoms with Crippen molar-refractivity contribution in [2.45, 2.75) is 0 Å². The van der Waals surface area contributed by atoms with E-state index in [0.29, 0.717) is 0 Å². The maximum atomic E-state index is 13.0. The molecule has 1 aliphatic rings. The summed E-state index contributed by atoms with van der Waals surface area (Å²) in [4.78, 5) is 14.8. The van der Waals surface area contributed by atoms with Crippen LogP contribution in [0.3, 0.4) is 0 Å². The van der Waals surface area contributed by atoms with Gasteiger partial charge in [0.1, 0.15) is 0 Å². The van der Waals surface area contributed by atoms with Gasteiger partial charge in [0.25, 0.3) is 5.91 Å². The monoisotopic (exact) mass is 375 g/mol. The van der Waals surface area contributed by atoms with Gasteiger partial charge in [-0.25, -0.2) is 0 Å². The van der Waals surface area contributed by atoms with Gasteiger partial charge in [-0.2, -0.15) is 0 Å². The van der Waals surface area contributed by atoms with E-state index in [1.54, 1.807) is 4.90 Å². The Bertz CT molecular complexity index is 933. The molecular weight excluding hydrogens is 362 g/mol. The molecule has 0 fully saturated rings. The molecule has 0 saturated carbocycles. The number of rotatable bonds is 2. The molecule has 116 valence electrons. The number of halogens is 1. The zero-order valence-corrected chi connectivity index (χ0v) is 14.4. The summed E-state index contributed by atoms with van der Waals surface area (Å²) in [6.07, 6.45) is 2.06. The molecule has 2 nitrogen and oxygen atoms in total. The van der Waals surface area contributed by atoms with Gasteiger partial charge in [0.15, 0.2) is 0 Å². The highest BCUT2D eigenvalue weighted by Crippen LogP contribution is 2.38. The molecule has 0 bridgehead atoms. The van der Waals surface area contributed by atoms with E-state index in [-0.39, 0.29) is 5.91 Å². The second-order valence-electron chi connectivity index (χ2n) is 5.61. The lowest BCUT2D eigenvalue weighted by molar-refractivity contribution is 0.101. The molecule has 0 unspecified atom stereocenters. The van der Waals surface area contributed by atoms with Crippen LogP contribution in [-0.4, -0.2) is 5.91 Å².